The van der Waals surface area contributed by atoms with Gasteiger partial charge in [-0.25, -0.2) is 0 Å². The van der Waals surface area contributed by atoms with Gasteiger partial charge in [-0.2, -0.15) is 0 Å². The summed E-state index contributed by atoms with van der Waals surface area (Å²) in [5.74, 6) is 0.438. The molecule has 1 atom stereocenters. The van der Waals surface area contributed by atoms with Crippen molar-refractivity contribution < 1.29 is 9.53 Å². The van der Waals surface area contributed by atoms with Gasteiger partial charge in [0.05, 0.1) is 12.7 Å². The maximum absolute atomic E-state index is 12.9. The van der Waals surface area contributed by atoms with Crippen LogP contribution in [0.3, 0.4) is 0 Å². The Labute approximate surface area is 206 Å². The fraction of sp³-hybridized carbons (Fsp3) is 0.964. The zero-order valence-corrected chi connectivity index (χ0v) is 22.5. The van der Waals surface area contributed by atoms with Crippen LogP contribution >= 0.6 is 0 Å². The van der Waals surface area contributed by atoms with E-state index in [0.29, 0.717) is 6.54 Å². The Morgan fingerprint density at radius 2 is 1.45 bits per heavy atom. The molecule has 1 saturated heterocycles. The summed E-state index contributed by atoms with van der Waals surface area (Å²) in [4.78, 5) is 15.4. The Balaban J connectivity index is 2.25. The molecule has 1 fully saturated rings. The Bertz CT molecular complexity index is 435. The van der Waals surface area contributed by atoms with Gasteiger partial charge in [0.15, 0.2) is 0 Å². The second-order valence-electron chi connectivity index (χ2n) is 10.1. The largest absolute Gasteiger partial charge is 0.374 e. The number of rotatable bonds is 22. The molecule has 1 heterocycles. The smallest absolute Gasteiger partial charge is 0.223 e. The number of nitrogens with zero attached hydrogens (tertiary/aromatic N) is 1. The SMILES string of the molecule is CCCCCCCNCCN1CCO[C@H](CNC(=O)C(CCCCCC)CCCCCC)C1. The van der Waals surface area contributed by atoms with Crippen molar-refractivity contribution in [3.05, 3.63) is 0 Å². The number of hydrogen-bond acceptors (Lipinski definition) is 4. The predicted octanol–water partition coefficient (Wildman–Crippen LogP) is 5.92. The maximum atomic E-state index is 12.9. The third-order valence-electron chi connectivity index (χ3n) is 6.97. The summed E-state index contributed by atoms with van der Waals surface area (Å²) < 4.78 is 5.97. The highest BCUT2D eigenvalue weighted by Crippen LogP contribution is 2.19. The van der Waals surface area contributed by atoms with E-state index < -0.39 is 0 Å². The normalized spacial score (nSPS) is 17.0. The third-order valence-corrected chi connectivity index (χ3v) is 6.97. The molecular formula is C28H57N3O2. The van der Waals surface area contributed by atoms with E-state index >= 15 is 0 Å². The topological polar surface area (TPSA) is 53.6 Å². The van der Waals surface area contributed by atoms with Crippen molar-refractivity contribution in [3.8, 4) is 0 Å². The fourth-order valence-electron chi connectivity index (χ4n) is 4.72. The van der Waals surface area contributed by atoms with E-state index in [2.05, 4.69) is 36.3 Å². The lowest BCUT2D eigenvalue weighted by atomic mass is 9.93. The van der Waals surface area contributed by atoms with Gasteiger partial charge in [-0.05, 0) is 25.8 Å². The number of hydrogen-bond donors (Lipinski definition) is 2. The number of carbonyl (C=O) groups is 1. The molecule has 2 N–H and O–H groups in total. The first-order chi connectivity index (χ1) is 16.2. The van der Waals surface area contributed by atoms with E-state index in [1.807, 2.05) is 0 Å². The number of carbonyl (C=O) groups excluding carboxylic acids is 1. The number of morpholine rings is 1. The molecule has 0 unspecified atom stereocenters. The van der Waals surface area contributed by atoms with Crippen molar-refractivity contribution in [3.63, 3.8) is 0 Å². The summed E-state index contributed by atoms with van der Waals surface area (Å²) in [6.45, 7) is 13.4. The average molecular weight is 468 g/mol. The van der Waals surface area contributed by atoms with Crippen LogP contribution in [0.1, 0.15) is 117 Å². The van der Waals surface area contributed by atoms with Crippen molar-refractivity contribution >= 4 is 5.91 Å². The Kier molecular flexibility index (Phi) is 20.1. The van der Waals surface area contributed by atoms with Crippen LogP contribution in [0.25, 0.3) is 0 Å². The van der Waals surface area contributed by atoms with Crippen LogP contribution in [-0.4, -0.2) is 62.8 Å². The molecule has 0 spiro atoms. The molecule has 0 aromatic carbocycles. The minimum Gasteiger partial charge on any atom is -0.374 e. The highest BCUT2D eigenvalue weighted by molar-refractivity contribution is 5.78. The van der Waals surface area contributed by atoms with Gasteiger partial charge in [-0.15, -0.1) is 0 Å². The van der Waals surface area contributed by atoms with Gasteiger partial charge in [-0.3, -0.25) is 9.69 Å². The lowest BCUT2D eigenvalue weighted by Crippen LogP contribution is -2.49. The van der Waals surface area contributed by atoms with Gasteiger partial charge >= 0.3 is 0 Å². The first kappa shape index (κ1) is 30.4. The van der Waals surface area contributed by atoms with Crippen molar-refractivity contribution in [1.29, 1.82) is 0 Å². The molecule has 1 amide bonds. The van der Waals surface area contributed by atoms with Crippen molar-refractivity contribution in [1.82, 2.24) is 15.5 Å². The van der Waals surface area contributed by atoms with Crippen molar-refractivity contribution in [2.24, 2.45) is 5.92 Å². The monoisotopic (exact) mass is 467 g/mol. The Morgan fingerprint density at radius 1 is 0.848 bits per heavy atom. The average Bonchev–Trinajstić information content (AvgIpc) is 2.83. The van der Waals surface area contributed by atoms with Crippen LogP contribution in [0.5, 0.6) is 0 Å². The molecule has 5 nitrogen and oxygen atoms in total. The molecule has 0 bridgehead atoms. The first-order valence-corrected chi connectivity index (χ1v) is 14.5. The molecular weight excluding hydrogens is 410 g/mol. The summed E-state index contributed by atoms with van der Waals surface area (Å²) >= 11 is 0. The summed E-state index contributed by atoms with van der Waals surface area (Å²) in [7, 11) is 0. The lowest BCUT2D eigenvalue weighted by molar-refractivity contribution is -0.126. The molecule has 33 heavy (non-hydrogen) atoms. The fourth-order valence-corrected chi connectivity index (χ4v) is 4.72. The first-order valence-electron chi connectivity index (χ1n) is 14.5. The molecule has 0 aliphatic carbocycles. The van der Waals surface area contributed by atoms with Gasteiger partial charge in [0.2, 0.25) is 5.91 Å². The quantitative estimate of drug-likeness (QED) is 0.194. The zero-order chi connectivity index (χ0) is 24.0. The lowest BCUT2D eigenvalue weighted by Gasteiger charge is -2.33. The number of nitrogens with one attached hydrogen (secondary N) is 2. The molecule has 5 heteroatoms. The van der Waals surface area contributed by atoms with Gasteiger partial charge in [0.25, 0.3) is 0 Å². The third kappa shape index (κ3) is 16.6. The minimum atomic E-state index is 0.123. The van der Waals surface area contributed by atoms with Crippen molar-refractivity contribution in [2.45, 2.75) is 123 Å². The number of unbranched alkanes of at least 4 members (excludes halogenated alkanes) is 10. The van der Waals surface area contributed by atoms with Crippen LogP contribution in [-0.2, 0) is 9.53 Å². The second-order valence-corrected chi connectivity index (χ2v) is 10.1. The van der Waals surface area contributed by atoms with Gasteiger partial charge in [0.1, 0.15) is 0 Å². The van der Waals surface area contributed by atoms with Crippen molar-refractivity contribution in [2.75, 3.05) is 45.9 Å². The highest BCUT2D eigenvalue weighted by Gasteiger charge is 2.23. The molecule has 0 radical (unpaired) electrons. The van der Waals surface area contributed by atoms with E-state index in [4.69, 9.17) is 4.74 Å². The van der Waals surface area contributed by atoms with E-state index in [9.17, 15) is 4.79 Å². The Morgan fingerprint density at radius 3 is 2.09 bits per heavy atom. The molecule has 1 aliphatic rings. The molecule has 0 aromatic rings. The number of ether oxygens (including phenoxy) is 1. The van der Waals surface area contributed by atoms with Crippen LogP contribution < -0.4 is 10.6 Å². The van der Waals surface area contributed by atoms with Crippen LogP contribution in [0.15, 0.2) is 0 Å². The standard InChI is InChI=1S/C28H57N3O2/c1-4-7-10-13-16-19-29-20-21-31-22-23-33-27(25-31)24-30-28(32)26(17-14-11-8-5-2)18-15-12-9-6-3/h26-27,29H,4-25H2,1-3H3,(H,30,32)/t27-/m1/s1. The summed E-state index contributed by atoms with van der Waals surface area (Å²) in [5.41, 5.74) is 0. The zero-order valence-electron chi connectivity index (χ0n) is 22.5. The molecule has 0 saturated carbocycles. The van der Waals surface area contributed by atoms with Crippen LogP contribution in [0.2, 0.25) is 0 Å². The molecule has 196 valence electrons. The van der Waals surface area contributed by atoms with Crippen LogP contribution in [0.4, 0.5) is 0 Å². The van der Waals surface area contributed by atoms with E-state index in [0.717, 1.165) is 52.2 Å². The van der Waals surface area contributed by atoms with Gasteiger partial charge < -0.3 is 15.4 Å². The van der Waals surface area contributed by atoms with E-state index in [-0.39, 0.29) is 17.9 Å². The molecule has 1 aliphatic heterocycles. The van der Waals surface area contributed by atoms with E-state index in [1.165, 1.54) is 83.5 Å². The summed E-state index contributed by atoms with van der Waals surface area (Å²) in [6, 6.07) is 0. The van der Waals surface area contributed by atoms with Gasteiger partial charge in [0, 0.05) is 38.6 Å². The second kappa shape index (κ2) is 21.9. The molecule has 1 rings (SSSR count). The maximum Gasteiger partial charge on any atom is 0.223 e. The predicted molar refractivity (Wildman–Crippen MR) is 142 cm³/mol. The molecule has 0 aromatic heterocycles. The van der Waals surface area contributed by atoms with Crippen LogP contribution in [0, 0.1) is 5.92 Å². The number of amides is 1. The van der Waals surface area contributed by atoms with E-state index in [1.54, 1.807) is 0 Å². The summed E-state index contributed by atoms with van der Waals surface area (Å²) in [6.07, 6.45) is 18.8. The Hall–Kier alpha value is -0.650. The van der Waals surface area contributed by atoms with Gasteiger partial charge in [-0.1, -0.05) is 97.8 Å². The minimum absolute atomic E-state index is 0.123. The summed E-state index contributed by atoms with van der Waals surface area (Å²) in [5, 5.41) is 6.84. The highest BCUT2D eigenvalue weighted by atomic mass is 16.5.